The average Bonchev–Trinajstić information content (AvgIpc) is 3.39. The fourth-order valence-corrected chi connectivity index (χ4v) is 4.90. The molecule has 0 saturated heterocycles. The molecule has 2 aromatic rings. The van der Waals surface area contributed by atoms with Crippen molar-refractivity contribution in [3.8, 4) is 0 Å². The summed E-state index contributed by atoms with van der Waals surface area (Å²) in [5.41, 5.74) is 4.86. The van der Waals surface area contributed by atoms with Crippen LogP contribution in [-0.2, 0) is 22.3 Å². The topological polar surface area (TPSA) is 43.2 Å². The molecule has 0 fully saturated rings. The predicted octanol–water partition coefficient (Wildman–Crippen LogP) is 4.20. The van der Waals surface area contributed by atoms with Gasteiger partial charge in [-0.25, -0.2) is 9.98 Å². The molecule has 4 heteroatoms. The summed E-state index contributed by atoms with van der Waals surface area (Å²) in [5, 5.41) is 0. The normalized spacial score (nSPS) is 29.9. The van der Waals surface area contributed by atoms with Gasteiger partial charge in [0, 0.05) is 12.8 Å². The SMILES string of the molecule is CC(C)(C1=NC2c3ccccc3CC2O1)C1=N[C@H]2c3ccccc3C[C@H]2O1. The van der Waals surface area contributed by atoms with Gasteiger partial charge in [-0.3, -0.25) is 0 Å². The molecule has 0 saturated carbocycles. The Balaban J connectivity index is 1.32. The Kier molecular flexibility index (Phi) is 2.98. The quantitative estimate of drug-likeness (QED) is 0.807. The third kappa shape index (κ3) is 2.10. The van der Waals surface area contributed by atoms with Crippen molar-refractivity contribution in [2.24, 2.45) is 15.4 Å². The number of aliphatic imine (C=N–C) groups is 2. The van der Waals surface area contributed by atoms with E-state index in [2.05, 4.69) is 62.4 Å². The second-order valence-corrected chi connectivity index (χ2v) is 8.50. The number of rotatable bonds is 2. The van der Waals surface area contributed by atoms with Crippen LogP contribution in [0, 0.1) is 5.41 Å². The first-order valence-corrected chi connectivity index (χ1v) is 9.77. The second-order valence-electron chi connectivity index (χ2n) is 8.50. The van der Waals surface area contributed by atoms with Crippen LogP contribution in [0.2, 0.25) is 0 Å². The zero-order valence-electron chi connectivity index (χ0n) is 15.6. The third-order valence-corrected chi connectivity index (χ3v) is 6.40. The molecule has 2 aromatic carbocycles. The van der Waals surface area contributed by atoms with E-state index in [1.807, 2.05) is 0 Å². The molecule has 2 aliphatic heterocycles. The minimum Gasteiger partial charge on any atom is -0.474 e. The molecule has 4 nitrogen and oxygen atoms in total. The first-order chi connectivity index (χ1) is 13.1. The van der Waals surface area contributed by atoms with Crippen LogP contribution in [0.25, 0.3) is 0 Å². The molecule has 0 spiro atoms. The van der Waals surface area contributed by atoms with Crippen molar-refractivity contribution in [1.29, 1.82) is 0 Å². The van der Waals surface area contributed by atoms with E-state index in [9.17, 15) is 0 Å². The van der Waals surface area contributed by atoms with Crippen LogP contribution in [0.1, 0.15) is 48.2 Å². The molecule has 136 valence electrons. The highest BCUT2D eigenvalue weighted by Gasteiger charge is 2.50. The average molecular weight is 358 g/mol. The van der Waals surface area contributed by atoms with E-state index < -0.39 is 5.41 Å². The van der Waals surface area contributed by atoms with Gasteiger partial charge in [0.1, 0.15) is 29.7 Å². The molecule has 2 unspecified atom stereocenters. The van der Waals surface area contributed by atoms with Gasteiger partial charge >= 0.3 is 0 Å². The van der Waals surface area contributed by atoms with E-state index in [-0.39, 0.29) is 24.3 Å². The van der Waals surface area contributed by atoms with Crippen LogP contribution in [0.5, 0.6) is 0 Å². The number of hydrogen-bond donors (Lipinski definition) is 0. The fourth-order valence-electron chi connectivity index (χ4n) is 4.90. The lowest BCUT2D eigenvalue weighted by Gasteiger charge is -2.25. The van der Waals surface area contributed by atoms with E-state index in [0.717, 1.165) is 24.6 Å². The summed E-state index contributed by atoms with van der Waals surface area (Å²) in [6.45, 7) is 4.23. The summed E-state index contributed by atoms with van der Waals surface area (Å²) in [7, 11) is 0. The molecular weight excluding hydrogens is 336 g/mol. The summed E-state index contributed by atoms with van der Waals surface area (Å²) < 4.78 is 12.7. The van der Waals surface area contributed by atoms with Crippen LogP contribution < -0.4 is 0 Å². The van der Waals surface area contributed by atoms with Gasteiger partial charge in [-0.2, -0.15) is 0 Å². The maximum atomic E-state index is 6.33. The lowest BCUT2D eigenvalue weighted by atomic mass is 9.92. The van der Waals surface area contributed by atoms with Crippen LogP contribution in [0.4, 0.5) is 0 Å². The van der Waals surface area contributed by atoms with Gasteiger partial charge in [-0.1, -0.05) is 48.5 Å². The first kappa shape index (κ1) is 15.4. The van der Waals surface area contributed by atoms with Crippen LogP contribution >= 0.6 is 0 Å². The highest BCUT2D eigenvalue weighted by Crippen LogP contribution is 2.46. The Morgan fingerprint density at radius 3 is 1.67 bits per heavy atom. The number of fused-ring (bicyclic) bond motifs is 6. The Labute approximate surface area is 158 Å². The van der Waals surface area contributed by atoms with Crippen LogP contribution in [0.3, 0.4) is 0 Å². The fraction of sp³-hybridized carbons (Fsp3) is 0.391. The maximum absolute atomic E-state index is 6.33. The van der Waals surface area contributed by atoms with Crippen molar-refractivity contribution in [2.45, 2.75) is 51.0 Å². The van der Waals surface area contributed by atoms with E-state index >= 15 is 0 Å². The molecule has 0 aromatic heterocycles. The van der Waals surface area contributed by atoms with Gasteiger partial charge in [0.25, 0.3) is 0 Å². The zero-order valence-corrected chi connectivity index (χ0v) is 15.6. The van der Waals surface area contributed by atoms with Gasteiger partial charge in [0.05, 0.1) is 0 Å². The summed E-state index contributed by atoms with van der Waals surface area (Å²) in [6, 6.07) is 17.3. The number of hydrogen-bond acceptors (Lipinski definition) is 4. The third-order valence-electron chi connectivity index (χ3n) is 6.40. The van der Waals surface area contributed by atoms with Crippen LogP contribution in [-0.4, -0.2) is 24.0 Å². The monoisotopic (exact) mass is 358 g/mol. The predicted molar refractivity (Wildman–Crippen MR) is 104 cm³/mol. The molecule has 0 bridgehead atoms. The van der Waals surface area contributed by atoms with Crippen molar-refractivity contribution in [3.63, 3.8) is 0 Å². The lowest BCUT2D eigenvalue weighted by molar-refractivity contribution is 0.170. The van der Waals surface area contributed by atoms with E-state index in [0.29, 0.717) is 0 Å². The summed E-state index contributed by atoms with van der Waals surface area (Å²) in [5.74, 6) is 1.53. The molecule has 4 atom stereocenters. The zero-order chi connectivity index (χ0) is 18.2. The number of nitrogens with zero attached hydrogens (tertiary/aromatic N) is 2. The molecule has 0 amide bonds. The summed E-state index contributed by atoms with van der Waals surface area (Å²) in [6.07, 6.45) is 2.07. The van der Waals surface area contributed by atoms with Crippen molar-refractivity contribution >= 4 is 11.8 Å². The van der Waals surface area contributed by atoms with Gasteiger partial charge in [-0.05, 0) is 36.1 Å². The van der Waals surface area contributed by atoms with Crippen molar-refractivity contribution < 1.29 is 9.47 Å². The highest BCUT2D eigenvalue weighted by atomic mass is 16.5. The Morgan fingerprint density at radius 1 is 0.741 bits per heavy atom. The van der Waals surface area contributed by atoms with Crippen molar-refractivity contribution in [2.75, 3.05) is 0 Å². The van der Waals surface area contributed by atoms with Gasteiger partial charge in [0.15, 0.2) is 11.8 Å². The Hall–Kier alpha value is -2.62. The summed E-state index contributed by atoms with van der Waals surface area (Å²) in [4.78, 5) is 9.96. The lowest BCUT2D eigenvalue weighted by Crippen LogP contribution is -2.36. The standard InChI is InChI=1S/C23H22N2O2/c1-23(2,21-24-19-15-9-5-3-7-13(15)11-17(19)26-21)22-25-20-16-10-6-4-8-14(16)12-18(20)27-22/h3-10,17-20H,11-12H2,1-2H3/t17-,18?,19+,20?/m1/s1. The van der Waals surface area contributed by atoms with Gasteiger partial charge in [-0.15, -0.1) is 0 Å². The number of ether oxygens (including phenoxy) is 2. The maximum Gasteiger partial charge on any atom is 0.199 e. The van der Waals surface area contributed by atoms with Crippen LogP contribution in [0.15, 0.2) is 58.5 Å². The Bertz CT molecular complexity index is 927. The number of benzene rings is 2. The smallest absolute Gasteiger partial charge is 0.199 e. The first-order valence-electron chi connectivity index (χ1n) is 9.77. The highest BCUT2D eigenvalue weighted by molar-refractivity contribution is 6.05. The van der Waals surface area contributed by atoms with E-state index in [4.69, 9.17) is 19.5 Å². The molecule has 0 radical (unpaired) electrons. The molecule has 0 N–H and O–H groups in total. The summed E-state index contributed by atoms with van der Waals surface area (Å²) >= 11 is 0. The van der Waals surface area contributed by atoms with E-state index in [1.54, 1.807) is 0 Å². The molecule has 2 aliphatic carbocycles. The minimum absolute atomic E-state index is 0.109. The molecule has 27 heavy (non-hydrogen) atoms. The Morgan fingerprint density at radius 2 is 1.19 bits per heavy atom. The van der Waals surface area contributed by atoms with Gasteiger partial charge in [0.2, 0.25) is 0 Å². The van der Waals surface area contributed by atoms with Crippen molar-refractivity contribution in [3.05, 3.63) is 70.8 Å². The molecule has 4 aliphatic rings. The van der Waals surface area contributed by atoms with E-state index in [1.165, 1.54) is 22.3 Å². The van der Waals surface area contributed by atoms with Gasteiger partial charge < -0.3 is 9.47 Å². The molecular formula is C23H22N2O2. The largest absolute Gasteiger partial charge is 0.474 e. The molecule has 6 rings (SSSR count). The second kappa shape index (κ2) is 5.22. The molecule has 2 heterocycles. The van der Waals surface area contributed by atoms with Crippen molar-refractivity contribution in [1.82, 2.24) is 0 Å². The minimum atomic E-state index is -0.446.